The van der Waals surface area contributed by atoms with Gasteiger partial charge < -0.3 is 10.5 Å². The minimum absolute atomic E-state index is 0.148. The summed E-state index contributed by atoms with van der Waals surface area (Å²) in [5.41, 5.74) is 6.52. The van der Waals surface area contributed by atoms with Crippen molar-refractivity contribution in [3.63, 3.8) is 0 Å². The van der Waals surface area contributed by atoms with Crippen molar-refractivity contribution < 1.29 is 4.74 Å². The smallest absolute Gasteiger partial charge is 0.0850 e. The molecule has 3 unspecified atom stereocenters. The van der Waals surface area contributed by atoms with Gasteiger partial charge in [0.2, 0.25) is 0 Å². The van der Waals surface area contributed by atoms with Crippen molar-refractivity contribution in [2.24, 2.45) is 11.1 Å². The van der Waals surface area contributed by atoms with Crippen LogP contribution in [0.15, 0.2) is 0 Å². The largest absolute Gasteiger partial charge is 0.374 e. The maximum Gasteiger partial charge on any atom is 0.0850 e. The first-order valence-electron chi connectivity index (χ1n) is 7.59. The summed E-state index contributed by atoms with van der Waals surface area (Å²) in [5, 5.41) is 0. The van der Waals surface area contributed by atoms with Crippen LogP contribution in [0.3, 0.4) is 0 Å². The number of nitrogens with two attached hydrogens (primary N) is 1. The molecule has 3 heteroatoms. The standard InChI is InChI=1S/C15H30N2O/c1-12(16)14-11-17(9-10-18-14)13-5-4-7-15(2,3)8-6-13/h12-14H,4-11,16H2,1-3H3. The quantitative estimate of drug-likeness (QED) is 0.769. The van der Waals surface area contributed by atoms with E-state index in [0.717, 1.165) is 25.7 Å². The van der Waals surface area contributed by atoms with E-state index in [-0.39, 0.29) is 12.1 Å². The molecule has 106 valence electrons. The fraction of sp³-hybridized carbons (Fsp3) is 1.00. The van der Waals surface area contributed by atoms with Gasteiger partial charge in [-0.3, -0.25) is 4.90 Å². The highest BCUT2D eigenvalue weighted by Gasteiger charge is 2.31. The molecule has 0 bridgehead atoms. The third-order valence-electron chi connectivity index (χ3n) is 4.77. The molecule has 3 nitrogen and oxygen atoms in total. The van der Waals surface area contributed by atoms with Crippen LogP contribution in [0.25, 0.3) is 0 Å². The summed E-state index contributed by atoms with van der Waals surface area (Å²) in [7, 11) is 0. The Kier molecular flexibility index (Phi) is 4.68. The molecule has 0 spiro atoms. The Hall–Kier alpha value is -0.120. The molecule has 1 saturated heterocycles. The predicted molar refractivity (Wildman–Crippen MR) is 75.6 cm³/mol. The highest BCUT2D eigenvalue weighted by atomic mass is 16.5. The third-order valence-corrected chi connectivity index (χ3v) is 4.77. The van der Waals surface area contributed by atoms with Crippen LogP contribution in [-0.2, 0) is 4.74 Å². The van der Waals surface area contributed by atoms with E-state index >= 15 is 0 Å². The predicted octanol–water partition coefficient (Wildman–Crippen LogP) is 2.39. The van der Waals surface area contributed by atoms with E-state index in [1.54, 1.807) is 0 Å². The molecule has 0 aromatic carbocycles. The summed E-state index contributed by atoms with van der Waals surface area (Å²) < 4.78 is 5.77. The normalized spacial score (nSPS) is 36.0. The summed E-state index contributed by atoms with van der Waals surface area (Å²) in [4.78, 5) is 2.64. The lowest BCUT2D eigenvalue weighted by atomic mass is 9.85. The Morgan fingerprint density at radius 2 is 2.06 bits per heavy atom. The molecular formula is C15H30N2O. The van der Waals surface area contributed by atoms with E-state index in [0.29, 0.717) is 5.41 Å². The summed E-state index contributed by atoms with van der Waals surface area (Å²) in [6.45, 7) is 9.87. The van der Waals surface area contributed by atoms with Crippen molar-refractivity contribution in [2.45, 2.75) is 71.1 Å². The van der Waals surface area contributed by atoms with Gasteiger partial charge >= 0.3 is 0 Å². The van der Waals surface area contributed by atoms with Crippen LogP contribution >= 0.6 is 0 Å². The lowest BCUT2D eigenvalue weighted by Crippen LogP contribution is -2.52. The van der Waals surface area contributed by atoms with Gasteiger partial charge in [-0.15, -0.1) is 0 Å². The van der Waals surface area contributed by atoms with E-state index in [9.17, 15) is 0 Å². The van der Waals surface area contributed by atoms with Crippen molar-refractivity contribution in [3.8, 4) is 0 Å². The molecule has 0 aromatic heterocycles. The molecular weight excluding hydrogens is 224 g/mol. The van der Waals surface area contributed by atoms with E-state index in [1.165, 1.54) is 32.1 Å². The third kappa shape index (κ3) is 3.69. The Morgan fingerprint density at radius 1 is 1.28 bits per heavy atom. The molecule has 0 aromatic rings. The lowest BCUT2D eigenvalue weighted by molar-refractivity contribution is -0.0536. The second-order valence-electron chi connectivity index (χ2n) is 7.01. The van der Waals surface area contributed by atoms with Crippen molar-refractivity contribution in [1.29, 1.82) is 0 Å². The summed E-state index contributed by atoms with van der Waals surface area (Å²) in [5.74, 6) is 0. The first-order valence-corrected chi connectivity index (χ1v) is 7.59. The summed E-state index contributed by atoms with van der Waals surface area (Å²) in [6, 6.07) is 0.909. The van der Waals surface area contributed by atoms with Crippen LogP contribution in [0.2, 0.25) is 0 Å². The molecule has 0 amide bonds. The van der Waals surface area contributed by atoms with E-state index in [1.807, 2.05) is 0 Å². The molecule has 18 heavy (non-hydrogen) atoms. The minimum Gasteiger partial charge on any atom is -0.374 e. The molecule has 1 aliphatic heterocycles. The monoisotopic (exact) mass is 254 g/mol. The minimum atomic E-state index is 0.148. The van der Waals surface area contributed by atoms with Crippen LogP contribution in [0.4, 0.5) is 0 Å². The Balaban J connectivity index is 1.90. The maximum atomic E-state index is 5.98. The number of morpholine rings is 1. The van der Waals surface area contributed by atoms with Crippen LogP contribution in [0.1, 0.15) is 52.9 Å². The Bertz CT molecular complexity index is 265. The molecule has 2 N–H and O–H groups in total. The average Bonchev–Trinajstić information content (AvgIpc) is 2.50. The van der Waals surface area contributed by atoms with Gasteiger partial charge in [0.15, 0.2) is 0 Å². The van der Waals surface area contributed by atoms with Crippen LogP contribution in [0, 0.1) is 5.41 Å². The zero-order chi connectivity index (χ0) is 13.2. The van der Waals surface area contributed by atoms with E-state index in [4.69, 9.17) is 10.5 Å². The number of hydrogen-bond acceptors (Lipinski definition) is 3. The van der Waals surface area contributed by atoms with E-state index in [2.05, 4.69) is 25.7 Å². The second kappa shape index (κ2) is 5.89. The van der Waals surface area contributed by atoms with Gasteiger partial charge in [-0.05, 0) is 38.0 Å². The molecule has 3 atom stereocenters. The topological polar surface area (TPSA) is 38.5 Å². The first-order chi connectivity index (χ1) is 8.48. The van der Waals surface area contributed by atoms with Crippen molar-refractivity contribution in [2.75, 3.05) is 19.7 Å². The van der Waals surface area contributed by atoms with E-state index < -0.39 is 0 Å². The van der Waals surface area contributed by atoms with Gasteiger partial charge in [-0.25, -0.2) is 0 Å². The number of hydrogen-bond donors (Lipinski definition) is 1. The number of rotatable bonds is 2. The highest BCUT2D eigenvalue weighted by Crippen LogP contribution is 2.35. The van der Waals surface area contributed by atoms with Gasteiger partial charge in [0.25, 0.3) is 0 Å². The zero-order valence-corrected chi connectivity index (χ0v) is 12.3. The Labute approximate surface area is 112 Å². The molecule has 1 heterocycles. The van der Waals surface area contributed by atoms with Gasteiger partial charge in [0.05, 0.1) is 12.7 Å². The first kappa shape index (κ1) is 14.3. The van der Waals surface area contributed by atoms with Crippen molar-refractivity contribution >= 4 is 0 Å². The summed E-state index contributed by atoms with van der Waals surface area (Å²) >= 11 is 0. The Morgan fingerprint density at radius 3 is 2.78 bits per heavy atom. The molecule has 2 rings (SSSR count). The van der Waals surface area contributed by atoms with Gasteiger partial charge in [-0.2, -0.15) is 0 Å². The fourth-order valence-corrected chi connectivity index (χ4v) is 3.35. The fourth-order valence-electron chi connectivity index (χ4n) is 3.35. The van der Waals surface area contributed by atoms with Crippen LogP contribution in [-0.4, -0.2) is 42.8 Å². The van der Waals surface area contributed by atoms with Gasteiger partial charge in [0.1, 0.15) is 0 Å². The summed E-state index contributed by atoms with van der Waals surface area (Å²) in [6.07, 6.45) is 7.05. The maximum absolute atomic E-state index is 5.98. The highest BCUT2D eigenvalue weighted by molar-refractivity contribution is 4.85. The molecule has 0 radical (unpaired) electrons. The zero-order valence-electron chi connectivity index (χ0n) is 12.3. The van der Waals surface area contributed by atoms with Crippen LogP contribution < -0.4 is 5.73 Å². The lowest BCUT2D eigenvalue weighted by Gasteiger charge is -2.39. The molecule has 2 aliphatic rings. The number of nitrogens with zero attached hydrogens (tertiary/aromatic N) is 1. The van der Waals surface area contributed by atoms with Gasteiger partial charge in [-0.1, -0.05) is 20.3 Å². The second-order valence-corrected chi connectivity index (χ2v) is 7.01. The SMILES string of the molecule is CC(N)C1CN(C2CCCC(C)(C)CC2)CCO1. The number of ether oxygens (including phenoxy) is 1. The average molecular weight is 254 g/mol. The van der Waals surface area contributed by atoms with Crippen molar-refractivity contribution in [1.82, 2.24) is 4.90 Å². The molecule has 2 fully saturated rings. The van der Waals surface area contributed by atoms with Gasteiger partial charge in [0, 0.05) is 25.2 Å². The van der Waals surface area contributed by atoms with Crippen LogP contribution in [0.5, 0.6) is 0 Å². The molecule has 1 saturated carbocycles. The van der Waals surface area contributed by atoms with Crippen molar-refractivity contribution in [3.05, 3.63) is 0 Å². The molecule has 1 aliphatic carbocycles.